The topological polar surface area (TPSA) is 86.8 Å². The van der Waals surface area contributed by atoms with Crippen LogP contribution in [0, 0.1) is 12.8 Å². The maximum Gasteiger partial charge on any atom is 0.254 e. The average Bonchev–Trinajstić information content (AvgIpc) is 2.73. The number of halogens is 1. The van der Waals surface area contributed by atoms with Gasteiger partial charge in [0.2, 0.25) is 15.9 Å². The van der Waals surface area contributed by atoms with Crippen molar-refractivity contribution in [2.45, 2.75) is 24.7 Å². The van der Waals surface area contributed by atoms with Gasteiger partial charge in [0.25, 0.3) is 5.91 Å². The normalized spacial score (nSPS) is 15.5. The largest absolute Gasteiger partial charge is 0.345 e. The molecule has 2 aromatic rings. The molecule has 0 radical (unpaired) electrons. The third kappa shape index (κ3) is 5.26. The fraction of sp³-hybridized carbons (Fsp3) is 0.364. The number of amides is 2. The molecule has 0 aromatic heterocycles. The molecule has 2 aromatic carbocycles. The molecule has 3 rings (SSSR count). The van der Waals surface area contributed by atoms with E-state index < -0.39 is 10.0 Å². The number of aryl methyl sites for hydroxylation is 1. The Balaban J connectivity index is 1.61. The van der Waals surface area contributed by atoms with Crippen molar-refractivity contribution in [1.82, 2.24) is 9.21 Å². The molecule has 1 heterocycles. The van der Waals surface area contributed by atoms with E-state index in [1.54, 1.807) is 56.6 Å². The zero-order valence-corrected chi connectivity index (χ0v) is 19.3. The van der Waals surface area contributed by atoms with Crippen molar-refractivity contribution in [2.75, 3.05) is 32.5 Å². The molecule has 2 amide bonds. The van der Waals surface area contributed by atoms with Gasteiger partial charge in [-0.05, 0) is 50.1 Å². The molecule has 9 heteroatoms. The summed E-state index contributed by atoms with van der Waals surface area (Å²) in [6.07, 6.45) is 0.865. The van der Waals surface area contributed by atoms with Crippen LogP contribution < -0.4 is 5.32 Å². The minimum atomic E-state index is -3.56. The predicted octanol–water partition coefficient (Wildman–Crippen LogP) is 3.39. The van der Waals surface area contributed by atoms with Crippen LogP contribution in [0.15, 0.2) is 47.4 Å². The smallest absolute Gasteiger partial charge is 0.254 e. The number of carbonyl (C=O) groups excluding carboxylic acids is 2. The Hall–Kier alpha value is -2.42. The van der Waals surface area contributed by atoms with Crippen molar-refractivity contribution < 1.29 is 18.0 Å². The Kier molecular flexibility index (Phi) is 7.03. The summed E-state index contributed by atoms with van der Waals surface area (Å²) in [6.45, 7) is 2.47. The Bertz CT molecular complexity index is 1080. The molecule has 1 saturated heterocycles. The average molecular weight is 464 g/mol. The van der Waals surface area contributed by atoms with E-state index in [-0.39, 0.29) is 40.7 Å². The molecule has 1 N–H and O–H groups in total. The summed E-state index contributed by atoms with van der Waals surface area (Å²) in [7, 11) is -0.287. The Labute approximate surface area is 188 Å². The molecule has 0 bridgehead atoms. The van der Waals surface area contributed by atoms with Crippen LogP contribution in [0.3, 0.4) is 0 Å². The fourth-order valence-corrected chi connectivity index (χ4v) is 5.20. The van der Waals surface area contributed by atoms with E-state index in [9.17, 15) is 18.0 Å². The van der Waals surface area contributed by atoms with E-state index in [1.165, 1.54) is 9.21 Å². The van der Waals surface area contributed by atoms with Crippen molar-refractivity contribution in [3.8, 4) is 0 Å². The number of hydrogen-bond acceptors (Lipinski definition) is 4. The van der Waals surface area contributed by atoms with E-state index in [2.05, 4.69) is 5.32 Å². The van der Waals surface area contributed by atoms with Gasteiger partial charge in [-0.15, -0.1) is 0 Å². The second-order valence-corrected chi connectivity index (χ2v) is 10.2. The van der Waals surface area contributed by atoms with E-state index in [0.717, 1.165) is 5.56 Å². The van der Waals surface area contributed by atoms with Crippen LogP contribution in [-0.4, -0.2) is 56.6 Å². The highest BCUT2D eigenvalue weighted by molar-refractivity contribution is 7.89. The highest BCUT2D eigenvalue weighted by atomic mass is 35.5. The van der Waals surface area contributed by atoms with E-state index in [0.29, 0.717) is 24.1 Å². The van der Waals surface area contributed by atoms with Gasteiger partial charge in [0.1, 0.15) is 0 Å². The van der Waals surface area contributed by atoms with Gasteiger partial charge < -0.3 is 10.2 Å². The fourth-order valence-electron chi connectivity index (χ4n) is 3.47. The molecular formula is C22H26ClN3O4S. The van der Waals surface area contributed by atoms with Crippen molar-refractivity contribution in [3.05, 3.63) is 58.6 Å². The summed E-state index contributed by atoms with van der Waals surface area (Å²) >= 11 is 6.20. The number of carbonyl (C=O) groups is 2. The summed E-state index contributed by atoms with van der Waals surface area (Å²) < 4.78 is 27.1. The number of rotatable bonds is 5. The number of nitrogens with zero attached hydrogens (tertiary/aromatic N) is 2. The second kappa shape index (κ2) is 9.38. The quantitative estimate of drug-likeness (QED) is 0.736. The van der Waals surface area contributed by atoms with Crippen LogP contribution in [-0.2, 0) is 14.8 Å². The Morgan fingerprint density at radius 2 is 1.68 bits per heavy atom. The summed E-state index contributed by atoms with van der Waals surface area (Å²) in [4.78, 5) is 26.4. The first-order chi connectivity index (χ1) is 14.6. The summed E-state index contributed by atoms with van der Waals surface area (Å²) in [5.41, 5.74) is 1.85. The maximum atomic E-state index is 12.8. The lowest BCUT2D eigenvalue weighted by molar-refractivity contribution is -0.120. The van der Waals surface area contributed by atoms with Crippen LogP contribution in [0.5, 0.6) is 0 Å². The number of piperidine rings is 1. The van der Waals surface area contributed by atoms with Crippen molar-refractivity contribution in [2.24, 2.45) is 5.92 Å². The lowest BCUT2D eigenvalue weighted by atomic mass is 9.97. The van der Waals surface area contributed by atoms with Gasteiger partial charge in [-0.25, -0.2) is 8.42 Å². The number of benzene rings is 2. The van der Waals surface area contributed by atoms with Gasteiger partial charge in [0.15, 0.2) is 0 Å². The first kappa shape index (κ1) is 23.2. The SMILES string of the molecule is Cc1ccc(S(=O)(=O)N2CCC(C(=O)Nc3ccc(C(=O)N(C)C)c(Cl)c3)CC2)cc1. The maximum absolute atomic E-state index is 12.8. The van der Waals surface area contributed by atoms with Gasteiger partial charge in [-0.2, -0.15) is 4.31 Å². The third-order valence-corrected chi connectivity index (χ3v) is 7.58. The van der Waals surface area contributed by atoms with E-state index in [4.69, 9.17) is 11.6 Å². The highest BCUT2D eigenvalue weighted by Gasteiger charge is 2.32. The van der Waals surface area contributed by atoms with Crippen molar-refractivity contribution in [3.63, 3.8) is 0 Å². The van der Waals surface area contributed by atoms with Crippen LogP contribution in [0.4, 0.5) is 5.69 Å². The second-order valence-electron chi connectivity index (χ2n) is 7.87. The summed E-state index contributed by atoms with van der Waals surface area (Å²) in [6, 6.07) is 11.5. The molecule has 7 nitrogen and oxygen atoms in total. The lowest BCUT2D eigenvalue weighted by Gasteiger charge is -2.30. The molecule has 0 saturated carbocycles. The minimum Gasteiger partial charge on any atom is -0.345 e. The molecule has 0 atom stereocenters. The van der Waals surface area contributed by atoms with Crippen LogP contribution in [0.2, 0.25) is 5.02 Å². The summed E-state index contributed by atoms with van der Waals surface area (Å²) in [5, 5.41) is 3.08. The number of anilines is 1. The van der Waals surface area contributed by atoms with Gasteiger partial charge in [-0.3, -0.25) is 9.59 Å². The predicted molar refractivity (Wildman–Crippen MR) is 121 cm³/mol. The highest BCUT2D eigenvalue weighted by Crippen LogP contribution is 2.26. The first-order valence-electron chi connectivity index (χ1n) is 9.98. The van der Waals surface area contributed by atoms with Crippen molar-refractivity contribution in [1.29, 1.82) is 0 Å². The molecule has 166 valence electrons. The first-order valence-corrected chi connectivity index (χ1v) is 11.8. The zero-order valence-electron chi connectivity index (χ0n) is 17.8. The van der Waals surface area contributed by atoms with E-state index >= 15 is 0 Å². The van der Waals surface area contributed by atoms with Gasteiger partial charge in [-0.1, -0.05) is 29.3 Å². The van der Waals surface area contributed by atoms with Crippen LogP contribution in [0.1, 0.15) is 28.8 Å². The molecule has 1 fully saturated rings. The van der Waals surface area contributed by atoms with Gasteiger partial charge in [0, 0.05) is 38.8 Å². The zero-order chi connectivity index (χ0) is 22.8. The molecule has 0 unspecified atom stereocenters. The molecule has 1 aliphatic rings. The minimum absolute atomic E-state index is 0.185. The number of sulfonamides is 1. The Morgan fingerprint density at radius 3 is 2.23 bits per heavy atom. The van der Waals surface area contributed by atoms with E-state index in [1.807, 2.05) is 6.92 Å². The lowest BCUT2D eigenvalue weighted by Crippen LogP contribution is -2.41. The Morgan fingerprint density at radius 1 is 1.06 bits per heavy atom. The number of nitrogens with one attached hydrogen (secondary N) is 1. The van der Waals surface area contributed by atoms with Crippen LogP contribution >= 0.6 is 11.6 Å². The van der Waals surface area contributed by atoms with Gasteiger partial charge in [0.05, 0.1) is 15.5 Å². The molecule has 0 aliphatic carbocycles. The van der Waals surface area contributed by atoms with Gasteiger partial charge >= 0.3 is 0 Å². The van der Waals surface area contributed by atoms with Crippen molar-refractivity contribution >= 4 is 39.1 Å². The molecular weight excluding hydrogens is 438 g/mol. The number of hydrogen-bond donors (Lipinski definition) is 1. The third-order valence-electron chi connectivity index (χ3n) is 5.36. The summed E-state index contributed by atoms with van der Waals surface area (Å²) in [5.74, 6) is -0.702. The van der Waals surface area contributed by atoms with Crippen LogP contribution in [0.25, 0.3) is 0 Å². The molecule has 1 aliphatic heterocycles. The molecule has 0 spiro atoms. The standard InChI is InChI=1S/C22H26ClN3O4S/c1-15-4-7-18(8-5-15)31(29,30)26-12-10-16(11-13-26)21(27)24-17-6-9-19(20(23)14-17)22(28)25(2)3/h4-9,14,16H,10-13H2,1-3H3,(H,24,27). The molecule has 31 heavy (non-hydrogen) atoms. The monoisotopic (exact) mass is 463 g/mol.